The van der Waals surface area contributed by atoms with Crippen LogP contribution < -0.4 is 65.5 Å². The summed E-state index contributed by atoms with van der Waals surface area (Å²) in [6.07, 6.45) is 29.3. The van der Waals surface area contributed by atoms with Crippen LogP contribution in [0, 0.1) is 11.3 Å². The molecule has 107 heavy (non-hydrogen) atoms. The van der Waals surface area contributed by atoms with Gasteiger partial charge in [-0.1, -0.05) is 56.7 Å². The number of anilines is 12. The zero-order valence-corrected chi connectivity index (χ0v) is 63.0. The van der Waals surface area contributed by atoms with E-state index >= 15 is 0 Å². The van der Waals surface area contributed by atoms with Gasteiger partial charge in [-0.15, -0.1) is 13.2 Å². The maximum atomic E-state index is 13.4. The largest absolute Gasteiger partial charge is 0.495 e. The third-order valence-electron chi connectivity index (χ3n) is 22.4. The lowest BCUT2D eigenvalue weighted by Crippen LogP contribution is -2.57. The van der Waals surface area contributed by atoms with E-state index in [0.717, 1.165) is 130 Å². The van der Waals surface area contributed by atoms with Crippen LogP contribution in [0.5, 0.6) is 11.5 Å². The lowest BCUT2D eigenvalue weighted by atomic mass is 9.88. The summed E-state index contributed by atoms with van der Waals surface area (Å²) in [4.78, 5) is 114. The number of likely N-dealkylation sites (tertiary alicyclic amines) is 2. The number of piperidine rings is 1. The van der Waals surface area contributed by atoms with Crippen LogP contribution in [0.15, 0.2) is 117 Å². The van der Waals surface area contributed by atoms with E-state index in [1.54, 1.807) is 104 Å². The molecule has 5 fully saturated rings. The number of methoxy groups -OCH3 is 2. The van der Waals surface area contributed by atoms with Crippen LogP contribution in [0.3, 0.4) is 0 Å². The highest BCUT2D eigenvalue weighted by Gasteiger charge is 2.44. The predicted molar refractivity (Wildman–Crippen MR) is 421 cm³/mol. The highest BCUT2D eigenvalue weighted by molar-refractivity contribution is 6.03. The van der Waals surface area contributed by atoms with E-state index in [4.69, 9.17) is 24.4 Å². The van der Waals surface area contributed by atoms with Gasteiger partial charge in [0.05, 0.1) is 61.6 Å². The van der Waals surface area contributed by atoms with Crippen molar-refractivity contribution < 1.29 is 33.4 Å². The van der Waals surface area contributed by atoms with Gasteiger partial charge in [-0.25, -0.2) is 15.0 Å². The molecule has 2 saturated heterocycles. The van der Waals surface area contributed by atoms with Gasteiger partial charge in [0, 0.05) is 126 Å². The minimum Gasteiger partial charge on any atom is -0.495 e. The van der Waals surface area contributed by atoms with Crippen LogP contribution in [0.25, 0.3) is 10.8 Å². The number of rotatable bonds is 18. The second-order valence-electron chi connectivity index (χ2n) is 29.9. The van der Waals surface area contributed by atoms with Crippen LogP contribution in [0.2, 0.25) is 0 Å². The summed E-state index contributed by atoms with van der Waals surface area (Å²) in [5, 5.41) is 18.3. The number of pyridine rings is 1. The number of ether oxygens (including phenoxy) is 2. The van der Waals surface area contributed by atoms with Crippen LogP contribution in [-0.2, 0) is 14.4 Å². The van der Waals surface area contributed by atoms with Crippen molar-refractivity contribution in [3.05, 3.63) is 128 Å². The van der Waals surface area contributed by atoms with Gasteiger partial charge in [0.1, 0.15) is 28.6 Å². The Hall–Kier alpha value is -10.5. The normalized spacial score (nSPS) is 21.0. The first-order valence-corrected chi connectivity index (χ1v) is 37.8. The van der Waals surface area contributed by atoms with Gasteiger partial charge in [-0.05, 0) is 145 Å². The Morgan fingerprint density at radius 2 is 1.07 bits per heavy atom. The molecule has 8 aliphatic rings. The fourth-order valence-electron chi connectivity index (χ4n) is 16.2. The highest BCUT2D eigenvalue weighted by Crippen LogP contribution is 2.44. The summed E-state index contributed by atoms with van der Waals surface area (Å²) in [6.45, 7) is 15.2. The first kappa shape index (κ1) is 74.7. The zero-order chi connectivity index (χ0) is 75.0. The molecule has 5 N–H and O–H groups in total. The molecule has 27 heteroatoms. The number of hydrogen-bond acceptors (Lipinski definition) is 22. The predicted octanol–water partition coefficient (Wildman–Crippen LogP) is 11.0. The SMILES string of the molecule is C=CC[C@H]1CN(C2CCCC2)c2nc(Nc3ccc(C(=O)N[C@@H]4CCCN(C)C4)cc3OC)ncc2N(C)C1=O.C=C[C@@]1(C)CN(C2CCCC2)c2nc(Nc3ccc(C(=O)NC4CN(C)C4)cc3OC)ncc2N(C)C1=O.CN1C(=O)CCN(C2CCCC2)c2nc(Nc3ccc4ccncc4c3)ncc21. The minimum atomic E-state index is -0.736. The van der Waals surface area contributed by atoms with Gasteiger partial charge in [0.2, 0.25) is 35.6 Å². The number of hydrogen-bond donors (Lipinski definition) is 5. The molecular weight excluding hydrogens is 1350 g/mol. The van der Waals surface area contributed by atoms with Gasteiger partial charge in [-0.2, -0.15) is 15.0 Å². The maximum absolute atomic E-state index is 13.4. The first-order chi connectivity index (χ1) is 51.8. The van der Waals surface area contributed by atoms with E-state index in [-0.39, 0.29) is 47.5 Å². The Balaban J connectivity index is 0.000000144. The standard InChI is InChI=1S/C30H41N7O3.C28H37N7O3.C22H24N6O/c1-5-9-21-18-37(23-11-6-7-12-23)27-25(36(3)29(21)39)17-31-30(34-27)33-24-14-13-20(16-26(24)40-4)28(38)32-22-10-8-15-35(2)19-22;1-6-28(2)17-35(20-9-7-8-10-20)24-22(34(4)26(28)37)14-29-27(32-24)31-21-12-11-18(13-23(21)38-5)25(36)30-19-15-33(3)16-19;1-27-19-14-24-22(25-17-7-6-15-8-10-23-13-16(15)12-17)26-21(19)28(11-9-20(27)29)18-4-2-3-5-18/h5,13-14,16-17,21-23H,1,6-12,15,18-19H2,2-4H3,(H,32,38)(H,31,33,34);6,11-14,19-20H,1,7-10,15-17H2,2-5H3,(H,30,36)(H,29,31,32);6-8,10,12-14,18H,2-5,9,11H2,1H3,(H,24,25,26)/t21-,22+;28-;/m00./s1. The number of carbonyl (C=O) groups excluding carboxylic acids is 5. The Labute approximate surface area is 627 Å². The van der Waals surface area contributed by atoms with Crippen molar-refractivity contribution >= 4 is 110 Å². The smallest absolute Gasteiger partial charge is 0.251 e. The molecule has 3 aromatic carbocycles. The van der Waals surface area contributed by atoms with E-state index in [2.05, 4.69) is 97.3 Å². The molecule has 0 bridgehead atoms. The van der Waals surface area contributed by atoms with Crippen molar-refractivity contribution in [1.82, 2.24) is 55.3 Å². The molecule has 27 nitrogen and oxygen atoms in total. The molecule has 3 aliphatic carbocycles. The molecule has 5 aliphatic heterocycles. The molecule has 7 aromatic rings. The molecule has 15 rings (SSSR count). The van der Waals surface area contributed by atoms with E-state index < -0.39 is 5.41 Å². The molecule has 5 amide bonds. The fraction of sp³-hybridized carbons (Fsp3) is 0.475. The number of carbonyl (C=O) groups is 5. The monoisotopic (exact) mass is 1450 g/mol. The van der Waals surface area contributed by atoms with Crippen molar-refractivity contribution in [2.45, 2.75) is 140 Å². The average molecular weight is 1460 g/mol. The average Bonchev–Trinajstić information content (AvgIpc) is 1.64. The Morgan fingerprint density at radius 1 is 0.551 bits per heavy atom. The summed E-state index contributed by atoms with van der Waals surface area (Å²) in [5.74, 6) is 4.45. The second kappa shape index (κ2) is 33.1. The lowest BCUT2D eigenvalue weighted by molar-refractivity contribution is -0.124. The Bertz CT molecular complexity index is 4420. The maximum Gasteiger partial charge on any atom is 0.251 e. The van der Waals surface area contributed by atoms with E-state index in [0.29, 0.717) is 114 Å². The van der Waals surface area contributed by atoms with E-state index in [1.165, 1.54) is 25.7 Å². The fourth-order valence-corrected chi connectivity index (χ4v) is 16.2. The van der Waals surface area contributed by atoms with Gasteiger partial charge in [-0.3, -0.25) is 29.0 Å². The Morgan fingerprint density at radius 3 is 1.64 bits per heavy atom. The summed E-state index contributed by atoms with van der Waals surface area (Å²) < 4.78 is 11.2. The van der Waals surface area contributed by atoms with Crippen LogP contribution in [-0.4, -0.2) is 200 Å². The summed E-state index contributed by atoms with van der Waals surface area (Å²) in [6, 6.07) is 20.1. The van der Waals surface area contributed by atoms with Crippen LogP contribution in [0.1, 0.15) is 130 Å². The summed E-state index contributed by atoms with van der Waals surface area (Å²) in [5.41, 5.74) is 4.73. The molecule has 3 atom stereocenters. The quantitative estimate of drug-likeness (QED) is 0.0499. The third-order valence-corrected chi connectivity index (χ3v) is 22.4. The number of likely N-dealkylation sites (N-methyl/N-ethyl adjacent to an activating group) is 2. The molecule has 564 valence electrons. The van der Waals surface area contributed by atoms with Gasteiger partial charge in [0.15, 0.2) is 17.5 Å². The molecule has 9 heterocycles. The van der Waals surface area contributed by atoms with E-state index in [9.17, 15) is 24.0 Å². The molecule has 0 unspecified atom stereocenters. The summed E-state index contributed by atoms with van der Waals surface area (Å²) >= 11 is 0. The van der Waals surface area contributed by atoms with Gasteiger partial charge >= 0.3 is 0 Å². The van der Waals surface area contributed by atoms with Crippen LogP contribution >= 0.6 is 0 Å². The molecule has 0 spiro atoms. The lowest BCUT2D eigenvalue weighted by Gasteiger charge is -2.36. The number of amides is 5. The number of benzene rings is 3. The van der Waals surface area contributed by atoms with Gasteiger partial charge in [0.25, 0.3) is 11.8 Å². The zero-order valence-electron chi connectivity index (χ0n) is 63.0. The van der Waals surface area contributed by atoms with Crippen molar-refractivity contribution in [3.8, 4) is 11.5 Å². The van der Waals surface area contributed by atoms with E-state index in [1.807, 2.05) is 57.6 Å². The van der Waals surface area contributed by atoms with Gasteiger partial charge < -0.3 is 75.3 Å². The van der Waals surface area contributed by atoms with Crippen molar-refractivity contribution in [3.63, 3.8) is 0 Å². The molecule has 3 saturated carbocycles. The molecule has 0 radical (unpaired) electrons. The summed E-state index contributed by atoms with van der Waals surface area (Å²) in [7, 11) is 12.6. The van der Waals surface area contributed by atoms with Crippen molar-refractivity contribution in [2.75, 3.05) is 141 Å². The number of aromatic nitrogens is 7. The minimum absolute atomic E-state index is 0.0253. The highest BCUT2D eigenvalue weighted by atomic mass is 16.5. The van der Waals surface area contributed by atoms with Crippen molar-refractivity contribution in [2.24, 2.45) is 11.3 Å². The number of fused-ring (bicyclic) bond motifs is 4. The number of nitrogens with zero attached hydrogens (tertiary/aromatic N) is 15. The Kier molecular flexibility index (Phi) is 23.1. The first-order valence-electron chi connectivity index (χ1n) is 37.8. The van der Waals surface area contributed by atoms with Crippen molar-refractivity contribution in [1.29, 1.82) is 0 Å². The topological polar surface area (TPSA) is 280 Å². The van der Waals surface area contributed by atoms with Crippen LogP contribution in [0.4, 0.5) is 69.4 Å². The third kappa shape index (κ3) is 16.7. The molecule has 4 aromatic heterocycles. The number of allylic oxidation sites excluding steroid dienone is 1. The molecular formula is C80H102N20O7. The second-order valence-corrected chi connectivity index (χ2v) is 29.9. The number of nitrogens with one attached hydrogen (secondary N) is 5.